The fraction of sp³-hybridized carbons (Fsp3) is 0. The van der Waals surface area contributed by atoms with E-state index in [1.807, 2.05) is 0 Å². The van der Waals surface area contributed by atoms with E-state index in [0.29, 0.717) is 10.7 Å². The lowest BCUT2D eigenvalue weighted by atomic mass is 10.1. The number of hydrogen-bond donors (Lipinski definition) is 0. The lowest BCUT2D eigenvalue weighted by molar-refractivity contribution is 0.415. The highest BCUT2D eigenvalue weighted by atomic mass is 35.5. The Morgan fingerprint density at radius 2 is 2.31 bits per heavy atom. The largest absolute Gasteiger partial charge is 0.352 e. The third-order valence-electron chi connectivity index (χ3n) is 1.61. The van der Waals surface area contributed by atoms with Crippen molar-refractivity contribution in [2.24, 2.45) is 0 Å². The van der Waals surface area contributed by atoms with Crippen molar-refractivity contribution in [1.29, 1.82) is 0 Å². The summed E-state index contributed by atoms with van der Waals surface area (Å²) in [7, 11) is 0. The normalized spacial score (nSPS) is 10.3. The standard InChI is InChI=1S/C9H4ClFNO/c10-6-2-1-3-7(11)9(6)8-4-5-13-12-8/h1-4H. The Bertz CT molecular complexity index is 393. The minimum absolute atomic E-state index is 0.245. The van der Waals surface area contributed by atoms with Crippen molar-refractivity contribution in [1.82, 2.24) is 5.16 Å². The first-order valence-electron chi connectivity index (χ1n) is 3.56. The van der Waals surface area contributed by atoms with E-state index in [4.69, 9.17) is 11.6 Å². The minimum Gasteiger partial charge on any atom is -0.352 e. The van der Waals surface area contributed by atoms with Gasteiger partial charge in [-0.05, 0) is 12.1 Å². The molecule has 1 heterocycles. The van der Waals surface area contributed by atoms with Crippen LogP contribution >= 0.6 is 11.6 Å². The van der Waals surface area contributed by atoms with E-state index >= 15 is 0 Å². The lowest BCUT2D eigenvalue weighted by Crippen LogP contribution is -1.84. The second-order valence-electron chi connectivity index (χ2n) is 2.43. The number of halogens is 2. The van der Waals surface area contributed by atoms with Crippen LogP contribution in [0, 0.1) is 12.1 Å². The van der Waals surface area contributed by atoms with E-state index in [2.05, 4.69) is 15.9 Å². The van der Waals surface area contributed by atoms with E-state index in [-0.39, 0.29) is 5.56 Å². The van der Waals surface area contributed by atoms with Crippen molar-refractivity contribution in [2.45, 2.75) is 0 Å². The van der Waals surface area contributed by atoms with Gasteiger partial charge in [0.15, 0.2) is 0 Å². The SMILES string of the molecule is Fc1cccc(Cl)c1-c1c[c]on1. The second kappa shape index (κ2) is 3.18. The Balaban J connectivity index is 2.64. The summed E-state index contributed by atoms with van der Waals surface area (Å²) in [4.78, 5) is 0. The molecular weight excluding hydrogens is 193 g/mol. The van der Waals surface area contributed by atoms with Crippen molar-refractivity contribution < 1.29 is 8.91 Å². The molecule has 0 bridgehead atoms. The van der Waals surface area contributed by atoms with Crippen molar-refractivity contribution in [3.05, 3.63) is 41.4 Å². The quantitative estimate of drug-likeness (QED) is 0.701. The molecule has 4 heteroatoms. The van der Waals surface area contributed by atoms with Crippen LogP contribution < -0.4 is 0 Å². The van der Waals surface area contributed by atoms with E-state index in [1.54, 1.807) is 6.07 Å². The van der Waals surface area contributed by atoms with Crippen LogP contribution in [0.25, 0.3) is 11.3 Å². The Kier molecular flexibility index (Phi) is 2.02. The summed E-state index contributed by atoms with van der Waals surface area (Å²) in [5, 5.41) is 3.86. The first-order chi connectivity index (χ1) is 6.29. The van der Waals surface area contributed by atoms with Gasteiger partial charge in [-0.3, -0.25) is 0 Å². The average molecular weight is 197 g/mol. The van der Waals surface area contributed by atoms with Crippen LogP contribution in [0.4, 0.5) is 4.39 Å². The highest BCUT2D eigenvalue weighted by Gasteiger charge is 2.11. The van der Waals surface area contributed by atoms with Gasteiger partial charge in [0.1, 0.15) is 11.5 Å². The molecule has 0 saturated carbocycles. The van der Waals surface area contributed by atoms with Crippen LogP contribution in [0.3, 0.4) is 0 Å². The first kappa shape index (κ1) is 8.26. The molecule has 65 valence electrons. The highest BCUT2D eigenvalue weighted by molar-refractivity contribution is 6.33. The zero-order valence-electron chi connectivity index (χ0n) is 6.42. The number of benzene rings is 1. The molecule has 0 spiro atoms. The van der Waals surface area contributed by atoms with Crippen molar-refractivity contribution in [2.75, 3.05) is 0 Å². The summed E-state index contributed by atoms with van der Waals surface area (Å²) in [5.41, 5.74) is 0.595. The van der Waals surface area contributed by atoms with Gasteiger partial charge in [0.25, 0.3) is 0 Å². The zero-order chi connectivity index (χ0) is 9.26. The molecule has 13 heavy (non-hydrogen) atoms. The van der Waals surface area contributed by atoms with Crippen molar-refractivity contribution >= 4 is 11.6 Å². The third kappa shape index (κ3) is 1.42. The van der Waals surface area contributed by atoms with E-state index in [1.165, 1.54) is 18.2 Å². The summed E-state index contributed by atoms with van der Waals surface area (Å²) < 4.78 is 17.7. The monoisotopic (exact) mass is 196 g/mol. The molecule has 0 atom stereocenters. The van der Waals surface area contributed by atoms with Gasteiger partial charge in [0.05, 0.1) is 10.6 Å². The maximum Gasteiger partial charge on any atom is 0.205 e. The topological polar surface area (TPSA) is 26.0 Å². The fourth-order valence-corrected chi connectivity index (χ4v) is 1.30. The summed E-state index contributed by atoms with van der Waals surface area (Å²) in [6, 6.07) is 5.87. The van der Waals surface area contributed by atoms with Gasteiger partial charge in [-0.2, -0.15) is 0 Å². The van der Waals surface area contributed by atoms with Crippen LogP contribution in [0.2, 0.25) is 5.02 Å². The number of aromatic nitrogens is 1. The second-order valence-corrected chi connectivity index (χ2v) is 2.83. The molecule has 2 rings (SSSR count). The zero-order valence-corrected chi connectivity index (χ0v) is 7.18. The van der Waals surface area contributed by atoms with Crippen LogP contribution in [-0.4, -0.2) is 5.16 Å². The number of hydrogen-bond acceptors (Lipinski definition) is 2. The molecule has 1 radical (unpaired) electrons. The van der Waals surface area contributed by atoms with Crippen molar-refractivity contribution in [3.8, 4) is 11.3 Å². The lowest BCUT2D eigenvalue weighted by Gasteiger charge is -1.99. The van der Waals surface area contributed by atoms with Gasteiger partial charge < -0.3 is 4.52 Å². The fourth-order valence-electron chi connectivity index (χ4n) is 1.04. The van der Waals surface area contributed by atoms with E-state index in [0.717, 1.165) is 0 Å². The maximum atomic E-state index is 13.2. The molecule has 1 aromatic carbocycles. The number of rotatable bonds is 1. The highest BCUT2D eigenvalue weighted by Crippen LogP contribution is 2.28. The summed E-state index contributed by atoms with van der Waals surface area (Å²) in [5.74, 6) is -0.421. The average Bonchev–Trinajstić information content (AvgIpc) is 2.57. The molecule has 0 aliphatic carbocycles. The summed E-state index contributed by atoms with van der Waals surface area (Å²) in [6.07, 6.45) is 2.37. The molecule has 0 unspecified atom stereocenters. The van der Waals surface area contributed by atoms with Gasteiger partial charge in [-0.1, -0.05) is 22.8 Å². The molecule has 0 fully saturated rings. The van der Waals surface area contributed by atoms with Crippen molar-refractivity contribution in [3.63, 3.8) is 0 Å². The Morgan fingerprint density at radius 1 is 1.46 bits per heavy atom. The van der Waals surface area contributed by atoms with Crippen LogP contribution in [0.5, 0.6) is 0 Å². The minimum atomic E-state index is -0.421. The van der Waals surface area contributed by atoms with Gasteiger partial charge in [-0.15, -0.1) is 0 Å². The molecule has 0 aliphatic rings. The van der Waals surface area contributed by atoms with Gasteiger partial charge in [-0.25, -0.2) is 4.39 Å². The predicted molar refractivity (Wildman–Crippen MR) is 45.7 cm³/mol. The van der Waals surface area contributed by atoms with Crippen LogP contribution in [0.15, 0.2) is 28.8 Å². The first-order valence-corrected chi connectivity index (χ1v) is 3.94. The van der Waals surface area contributed by atoms with Gasteiger partial charge in [0.2, 0.25) is 6.26 Å². The van der Waals surface area contributed by atoms with Crippen LogP contribution in [-0.2, 0) is 0 Å². The van der Waals surface area contributed by atoms with Crippen LogP contribution in [0.1, 0.15) is 0 Å². The smallest absolute Gasteiger partial charge is 0.205 e. The van der Waals surface area contributed by atoms with E-state index in [9.17, 15) is 4.39 Å². The number of nitrogens with zero attached hydrogens (tertiary/aromatic N) is 1. The molecule has 2 nitrogen and oxygen atoms in total. The Labute approximate surface area is 78.9 Å². The summed E-state index contributed by atoms with van der Waals surface area (Å²) >= 11 is 5.79. The van der Waals surface area contributed by atoms with Gasteiger partial charge >= 0.3 is 0 Å². The molecule has 1 aromatic heterocycles. The molecular formula is C9H4ClFNO. The van der Waals surface area contributed by atoms with Gasteiger partial charge in [0, 0.05) is 6.07 Å². The third-order valence-corrected chi connectivity index (χ3v) is 1.93. The molecule has 0 saturated heterocycles. The molecule has 0 aliphatic heterocycles. The molecule has 2 aromatic rings. The Morgan fingerprint density at radius 3 is 2.92 bits per heavy atom. The Hall–Kier alpha value is -1.35. The molecule has 0 N–H and O–H groups in total. The maximum absolute atomic E-state index is 13.2. The van der Waals surface area contributed by atoms with E-state index < -0.39 is 5.82 Å². The summed E-state index contributed by atoms with van der Waals surface area (Å²) in [6.45, 7) is 0. The molecule has 0 amide bonds. The predicted octanol–water partition coefficient (Wildman–Crippen LogP) is 2.93.